The Balaban J connectivity index is 1.48. The number of amides is 2. The monoisotopic (exact) mass is 353 g/mol. The summed E-state index contributed by atoms with van der Waals surface area (Å²) in [5.41, 5.74) is 1.55. The van der Waals surface area contributed by atoms with E-state index in [1.54, 1.807) is 35.4 Å². The molecule has 128 valence electrons. The highest BCUT2D eigenvalue weighted by atomic mass is 32.1. The average molecular weight is 353 g/mol. The Hall–Kier alpha value is -2.73. The van der Waals surface area contributed by atoms with E-state index < -0.39 is 0 Å². The Morgan fingerprint density at radius 1 is 1.08 bits per heavy atom. The molecule has 2 aromatic carbocycles. The number of hydrogen-bond donors (Lipinski definition) is 1. The van der Waals surface area contributed by atoms with Crippen LogP contribution in [0.2, 0.25) is 0 Å². The van der Waals surface area contributed by atoms with E-state index in [9.17, 15) is 9.59 Å². The van der Waals surface area contributed by atoms with Crippen LogP contribution in [0.5, 0.6) is 0 Å². The highest BCUT2D eigenvalue weighted by molar-refractivity contribution is 7.18. The van der Waals surface area contributed by atoms with Gasteiger partial charge < -0.3 is 10.2 Å². The lowest BCUT2D eigenvalue weighted by Gasteiger charge is -2.15. The van der Waals surface area contributed by atoms with Crippen molar-refractivity contribution in [2.45, 2.75) is 13.0 Å². The highest BCUT2D eigenvalue weighted by Gasteiger charge is 2.13. The fourth-order valence-electron chi connectivity index (χ4n) is 2.44. The molecule has 0 spiro atoms. The third kappa shape index (κ3) is 4.42. The molecule has 1 aromatic heterocycles. The molecular weight excluding hydrogens is 334 g/mol. The minimum Gasteiger partial charge on any atom is -0.352 e. The van der Waals surface area contributed by atoms with Crippen LogP contribution in [0.25, 0.3) is 10.2 Å². The fourth-order valence-corrected chi connectivity index (χ4v) is 3.46. The number of hydrogen-bond acceptors (Lipinski definition) is 4. The van der Waals surface area contributed by atoms with Crippen molar-refractivity contribution in [2.75, 3.05) is 13.6 Å². The van der Waals surface area contributed by atoms with E-state index in [1.807, 2.05) is 42.5 Å². The van der Waals surface area contributed by atoms with Crippen LogP contribution < -0.4 is 5.32 Å². The van der Waals surface area contributed by atoms with Gasteiger partial charge in [0.25, 0.3) is 5.91 Å². The number of para-hydroxylation sites is 1. The van der Waals surface area contributed by atoms with Crippen LogP contribution in [-0.4, -0.2) is 35.3 Å². The summed E-state index contributed by atoms with van der Waals surface area (Å²) >= 11 is 1.59. The number of benzene rings is 2. The van der Waals surface area contributed by atoms with Gasteiger partial charge in [-0.25, -0.2) is 4.98 Å². The Labute approximate surface area is 150 Å². The number of nitrogens with one attached hydrogen (secondary N) is 1. The van der Waals surface area contributed by atoms with E-state index in [0.29, 0.717) is 18.7 Å². The summed E-state index contributed by atoms with van der Waals surface area (Å²) in [4.78, 5) is 30.4. The predicted molar refractivity (Wildman–Crippen MR) is 99.5 cm³/mol. The quantitative estimate of drug-likeness (QED) is 0.741. The molecule has 5 nitrogen and oxygen atoms in total. The van der Waals surface area contributed by atoms with Gasteiger partial charge in [0.15, 0.2) is 0 Å². The Bertz CT molecular complexity index is 844. The molecule has 1 heterocycles. The average Bonchev–Trinajstić information content (AvgIpc) is 3.04. The Morgan fingerprint density at radius 3 is 2.56 bits per heavy atom. The number of aromatic nitrogens is 1. The summed E-state index contributed by atoms with van der Waals surface area (Å²) in [6, 6.07) is 16.9. The lowest BCUT2D eigenvalue weighted by molar-refractivity contribution is -0.130. The molecule has 0 atom stereocenters. The van der Waals surface area contributed by atoms with E-state index in [-0.39, 0.29) is 18.2 Å². The summed E-state index contributed by atoms with van der Waals surface area (Å²) in [7, 11) is 1.76. The molecule has 0 saturated heterocycles. The van der Waals surface area contributed by atoms with Gasteiger partial charge in [0.2, 0.25) is 5.91 Å². The van der Waals surface area contributed by atoms with Gasteiger partial charge in [0, 0.05) is 25.6 Å². The standard InChI is InChI=1S/C19H19N3O2S/c1-22(13-17-21-15-9-5-6-10-16(15)25-17)18(23)11-12-20-19(24)14-7-3-2-4-8-14/h2-10H,11-13H2,1H3,(H,20,24). The van der Waals surface area contributed by atoms with Gasteiger partial charge in [-0.3, -0.25) is 9.59 Å². The van der Waals surface area contributed by atoms with Gasteiger partial charge in [-0.2, -0.15) is 0 Å². The van der Waals surface area contributed by atoms with Crippen LogP contribution in [-0.2, 0) is 11.3 Å². The maximum absolute atomic E-state index is 12.2. The van der Waals surface area contributed by atoms with Crippen LogP contribution in [0.1, 0.15) is 21.8 Å². The molecule has 3 rings (SSSR count). The maximum atomic E-state index is 12.2. The normalized spacial score (nSPS) is 10.6. The van der Waals surface area contributed by atoms with E-state index in [4.69, 9.17) is 0 Å². The van der Waals surface area contributed by atoms with Crippen molar-refractivity contribution in [1.82, 2.24) is 15.2 Å². The predicted octanol–water partition coefficient (Wildman–Crippen LogP) is 3.07. The lowest BCUT2D eigenvalue weighted by Crippen LogP contribution is -2.31. The molecule has 2 amide bonds. The van der Waals surface area contributed by atoms with E-state index in [2.05, 4.69) is 10.3 Å². The minimum absolute atomic E-state index is 0.0207. The Morgan fingerprint density at radius 2 is 1.80 bits per heavy atom. The SMILES string of the molecule is CN(Cc1nc2ccccc2s1)C(=O)CCNC(=O)c1ccccc1. The first-order valence-corrected chi connectivity index (χ1v) is 8.87. The summed E-state index contributed by atoms with van der Waals surface area (Å²) in [5.74, 6) is -0.185. The van der Waals surface area contributed by atoms with Crippen molar-refractivity contribution in [3.05, 3.63) is 65.2 Å². The molecule has 0 fully saturated rings. The van der Waals surface area contributed by atoms with Crippen molar-refractivity contribution in [3.63, 3.8) is 0 Å². The van der Waals surface area contributed by atoms with Crippen molar-refractivity contribution < 1.29 is 9.59 Å². The zero-order chi connectivity index (χ0) is 17.6. The fraction of sp³-hybridized carbons (Fsp3) is 0.211. The third-order valence-electron chi connectivity index (χ3n) is 3.80. The molecule has 0 saturated carbocycles. The van der Waals surface area contributed by atoms with Gasteiger partial charge in [-0.1, -0.05) is 30.3 Å². The number of rotatable bonds is 6. The van der Waals surface area contributed by atoms with Crippen LogP contribution in [0.15, 0.2) is 54.6 Å². The van der Waals surface area contributed by atoms with Gasteiger partial charge in [-0.15, -0.1) is 11.3 Å². The van der Waals surface area contributed by atoms with Crippen molar-refractivity contribution in [3.8, 4) is 0 Å². The van der Waals surface area contributed by atoms with Crippen LogP contribution >= 0.6 is 11.3 Å². The lowest BCUT2D eigenvalue weighted by atomic mass is 10.2. The highest BCUT2D eigenvalue weighted by Crippen LogP contribution is 2.22. The number of thiazole rings is 1. The smallest absolute Gasteiger partial charge is 0.251 e. The van der Waals surface area contributed by atoms with Crippen LogP contribution in [0, 0.1) is 0 Å². The van der Waals surface area contributed by atoms with Gasteiger partial charge in [0.05, 0.1) is 16.8 Å². The molecule has 25 heavy (non-hydrogen) atoms. The van der Waals surface area contributed by atoms with Crippen molar-refractivity contribution in [2.24, 2.45) is 0 Å². The van der Waals surface area contributed by atoms with Crippen LogP contribution in [0.3, 0.4) is 0 Å². The van der Waals surface area contributed by atoms with E-state index >= 15 is 0 Å². The van der Waals surface area contributed by atoms with Gasteiger partial charge in [-0.05, 0) is 24.3 Å². The molecule has 0 aliphatic heterocycles. The first-order valence-electron chi connectivity index (χ1n) is 8.05. The number of carbonyl (C=O) groups is 2. The minimum atomic E-state index is -0.165. The third-order valence-corrected chi connectivity index (χ3v) is 4.82. The van der Waals surface area contributed by atoms with E-state index in [1.165, 1.54) is 0 Å². The molecule has 0 aliphatic carbocycles. The van der Waals surface area contributed by atoms with Gasteiger partial charge in [0.1, 0.15) is 5.01 Å². The molecule has 6 heteroatoms. The molecule has 0 aliphatic rings. The van der Waals surface area contributed by atoms with Crippen LogP contribution in [0.4, 0.5) is 0 Å². The maximum Gasteiger partial charge on any atom is 0.251 e. The second-order valence-corrected chi connectivity index (χ2v) is 6.81. The Kier molecular flexibility index (Phi) is 5.40. The summed E-state index contributed by atoms with van der Waals surface area (Å²) in [5, 5.41) is 3.68. The zero-order valence-electron chi connectivity index (χ0n) is 13.9. The molecular formula is C19H19N3O2S. The first-order chi connectivity index (χ1) is 12.1. The molecule has 3 aromatic rings. The van der Waals surface area contributed by atoms with E-state index in [0.717, 1.165) is 15.2 Å². The largest absolute Gasteiger partial charge is 0.352 e. The summed E-state index contributed by atoms with van der Waals surface area (Å²) < 4.78 is 1.12. The first kappa shape index (κ1) is 17.1. The second-order valence-electron chi connectivity index (χ2n) is 5.70. The summed E-state index contributed by atoms with van der Waals surface area (Å²) in [6.07, 6.45) is 0.264. The molecule has 0 unspecified atom stereocenters. The summed E-state index contributed by atoms with van der Waals surface area (Å²) in [6.45, 7) is 0.793. The molecule has 0 bridgehead atoms. The zero-order valence-corrected chi connectivity index (χ0v) is 14.8. The molecule has 1 N–H and O–H groups in total. The number of carbonyl (C=O) groups excluding carboxylic acids is 2. The van der Waals surface area contributed by atoms with Crippen molar-refractivity contribution >= 4 is 33.4 Å². The number of fused-ring (bicyclic) bond motifs is 1. The van der Waals surface area contributed by atoms with Crippen molar-refractivity contribution in [1.29, 1.82) is 0 Å². The topological polar surface area (TPSA) is 62.3 Å². The second kappa shape index (κ2) is 7.90. The van der Waals surface area contributed by atoms with Gasteiger partial charge >= 0.3 is 0 Å². The number of nitrogens with zero attached hydrogens (tertiary/aromatic N) is 2. The molecule has 0 radical (unpaired) electrons.